The van der Waals surface area contributed by atoms with Crippen molar-refractivity contribution in [3.05, 3.63) is 24.3 Å². The summed E-state index contributed by atoms with van der Waals surface area (Å²) in [6.45, 7) is 2.45. The van der Waals surface area contributed by atoms with Crippen LogP contribution >= 0.6 is 12.4 Å². The van der Waals surface area contributed by atoms with Gasteiger partial charge in [-0.2, -0.15) is 0 Å². The lowest BCUT2D eigenvalue weighted by Crippen LogP contribution is -2.36. The quantitative estimate of drug-likeness (QED) is 0.801. The molecule has 6 nitrogen and oxygen atoms in total. The van der Waals surface area contributed by atoms with Gasteiger partial charge in [-0.25, -0.2) is 8.42 Å². The lowest BCUT2D eigenvalue weighted by molar-refractivity contribution is -0.149. The first-order chi connectivity index (χ1) is 11.3. The molecule has 1 aliphatic heterocycles. The summed E-state index contributed by atoms with van der Waals surface area (Å²) >= 11 is 0. The Labute approximate surface area is 154 Å². The molecule has 1 saturated carbocycles. The summed E-state index contributed by atoms with van der Waals surface area (Å²) in [6, 6.07) is 6.45. The second-order valence-electron chi connectivity index (χ2n) is 6.88. The van der Waals surface area contributed by atoms with Crippen LogP contribution in [-0.2, 0) is 14.6 Å². The maximum Gasteiger partial charge on any atom is 0.311 e. The van der Waals surface area contributed by atoms with E-state index < -0.39 is 21.2 Å². The van der Waals surface area contributed by atoms with Crippen LogP contribution in [-0.4, -0.2) is 56.9 Å². The van der Waals surface area contributed by atoms with Crippen molar-refractivity contribution in [3.8, 4) is 5.75 Å². The van der Waals surface area contributed by atoms with Gasteiger partial charge in [0.1, 0.15) is 12.4 Å². The van der Waals surface area contributed by atoms with Crippen molar-refractivity contribution < 1.29 is 23.1 Å². The van der Waals surface area contributed by atoms with Crippen molar-refractivity contribution in [3.63, 3.8) is 0 Å². The maximum absolute atomic E-state index is 11.7. The number of nitrogens with zero attached hydrogens (tertiary/aromatic N) is 1. The lowest BCUT2D eigenvalue weighted by atomic mass is 9.81. The van der Waals surface area contributed by atoms with Gasteiger partial charge in [0.2, 0.25) is 0 Å². The third-order valence-electron chi connectivity index (χ3n) is 5.28. The predicted molar refractivity (Wildman–Crippen MR) is 96.1 cm³/mol. The van der Waals surface area contributed by atoms with Gasteiger partial charge in [0.05, 0.1) is 10.3 Å². The van der Waals surface area contributed by atoms with Crippen LogP contribution in [0.5, 0.6) is 5.75 Å². The minimum atomic E-state index is -3.25. The lowest BCUT2D eigenvalue weighted by Gasteiger charge is -2.23. The van der Waals surface area contributed by atoms with E-state index in [1.807, 2.05) is 0 Å². The van der Waals surface area contributed by atoms with E-state index in [1.54, 1.807) is 18.2 Å². The number of carbonyl (C=O) groups is 1. The molecule has 2 atom stereocenters. The summed E-state index contributed by atoms with van der Waals surface area (Å²) in [4.78, 5) is 14.1. The molecule has 0 aromatic heterocycles. The van der Waals surface area contributed by atoms with Crippen molar-refractivity contribution >= 4 is 28.2 Å². The molecular formula is C17H24ClNO5S. The molecule has 1 N–H and O–H groups in total. The normalized spacial score (nSPS) is 26.0. The van der Waals surface area contributed by atoms with Gasteiger partial charge in [-0.05, 0) is 37.0 Å². The average Bonchev–Trinajstić information content (AvgIpc) is 3.04. The average molecular weight is 390 g/mol. The monoisotopic (exact) mass is 389 g/mol. The molecule has 0 unspecified atom stereocenters. The molecule has 2 fully saturated rings. The molecule has 0 bridgehead atoms. The van der Waals surface area contributed by atoms with E-state index in [1.165, 1.54) is 12.3 Å². The Morgan fingerprint density at radius 3 is 2.84 bits per heavy atom. The number of carboxylic acid groups (broad SMARTS) is 1. The highest BCUT2D eigenvalue weighted by Gasteiger charge is 2.54. The highest BCUT2D eigenvalue weighted by atomic mass is 35.5. The number of likely N-dealkylation sites (tertiary alicyclic amines) is 1. The molecule has 8 heteroatoms. The number of hydrogen-bond acceptors (Lipinski definition) is 5. The highest BCUT2D eigenvalue weighted by molar-refractivity contribution is 7.90. The van der Waals surface area contributed by atoms with Crippen LogP contribution in [0.1, 0.15) is 19.3 Å². The summed E-state index contributed by atoms with van der Waals surface area (Å²) < 4.78 is 28.8. The van der Waals surface area contributed by atoms with E-state index in [4.69, 9.17) is 4.74 Å². The number of sulfone groups is 1. The summed E-state index contributed by atoms with van der Waals surface area (Å²) in [5.74, 6) is 0.0862. The number of ether oxygens (including phenoxy) is 1. The number of benzene rings is 1. The second kappa shape index (κ2) is 7.51. The summed E-state index contributed by atoms with van der Waals surface area (Å²) in [6.07, 6.45) is 3.92. The first-order valence-electron chi connectivity index (χ1n) is 8.20. The zero-order valence-corrected chi connectivity index (χ0v) is 15.8. The number of hydrogen-bond donors (Lipinski definition) is 1. The molecule has 0 amide bonds. The third-order valence-corrected chi connectivity index (χ3v) is 6.39. The summed E-state index contributed by atoms with van der Waals surface area (Å²) in [5, 5.41) is 9.59. The Morgan fingerprint density at radius 1 is 1.44 bits per heavy atom. The maximum atomic E-state index is 11.7. The van der Waals surface area contributed by atoms with Gasteiger partial charge in [0.25, 0.3) is 0 Å². The fourth-order valence-electron chi connectivity index (χ4n) is 4.00. The van der Waals surface area contributed by atoms with Crippen LogP contribution in [0.4, 0.5) is 0 Å². The highest BCUT2D eigenvalue weighted by Crippen LogP contribution is 2.48. The van der Waals surface area contributed by atoms with Gasteiger partial charge in [0, 0.05) is 25.9 Å². The van der Waals surface area contributed by atoms with Gasteiger partial charge >= 0.3 is 5.97 Å². The van der Waals surface area contributed by atoms with E-state index in [0.29, 0.717) is 25.4 Å². The molecule has 1 saturated heterocycles. The Bertz CT molecular complexity index is 738. The van der Waals surface area contributed by atoms with Gasteiger partial charge in [0.15, 0.2) is 9.84 Å². The predicted octanol–water partition coefficient (Wildman–Crippen LogP) is 2.08. The molecule has 1 aromatic rings. The van der Waals surface area contributed by atoms with Crippen LogP contribution in [0.2, 0.25) is 0 Å². The minimum absolute atomic E-state index is 0. The minimum Gasteiger partial charge on any atom is -0.492 e. The zero-order valence-electron chi connectivity index (χ0n) is 14.2. The molecule has 140 valence electrons. The number of carboxylic acids is 1. The van der Waals surface area contributed by atoms with E-state index in [9.17, 15) is 18.3 Å². The Hall–Kier alpha value is -1.31. The first kappa shape index (κ1) is 20.0. The van der Waals surface area contributed by atoms with Crippen LogP contribution in [0, 0.1) is 11.3 Å². The van der Waals surface area contributed by atoms with Gasteiger partial charge in [-0.3, -0.25) is 9.69 Å². The van der Waals surface area contributed by atoms with Crippen molar-refractivity contribution in [1.82, 2.24) is 4.90 Å². The summed E-state index contributed by atoms with van der Waals surface area (Å²) in [5.41, 5.74) is -0.573. The van der Waals surface area contributed by atoms with E-state index >= 15 is 0 Å². The van der Waals surface area contributed by atoms with Crippen molar-refractivity contribution in [1.29, 1.82) is 0 Å². The van der Waals surface area contributed by atoms with Crippen LogP contribution in [0.15, 0.2) is 29.2 Å². The third kappa shape index (κ3) is 4.10. The molecular weight excluding hydrogens is 366 g/mol. The number of halogens is 1. The topological polar surface area (TPSA) is 83.9 Å². The number of rotatable bonds is 6. The van der Waals surface area contributed by atoms with Gasteiger partial charge in [-0.15, -0.1) is 12.4 Å². The molecule has 2 aliphatic rings. The fourth-order valence-corrected chi connectivity index (χ4v) is 4.66. The smallest absolute Gasteiger partial charge is 0.311 e. The van der Waals surface area contributed by atoms with E-state index in [-0.39, 0.29) is 23.2 Å². The molecule has 1 aromatic carbocycles. The largest absolute Gasteiger partial charge is 0.492 e. The zero-order chi connectivity index (χ0) is 17.4. The Kier molecular flexibility index (Phi) is 6.01. The molecule has 0 radical (unpaired) electrons. The molecule has 3 rings (SSSR count). The molecule has 1 heterocycles. The number of aliphatic carboxylic acids is 1. The SMILES string of the molecule is CS(=O)(=O)c1cccc(OCCN2C[C@@H]3CCC[C@@]3(C(=O)O)C2)c1.Cl. The van der Waals surface area contributed by atoms with Gasteiger partial charge in [-0.1, -0.05) is 12.5 Å². The fraction of sp³-hybridized carbons (Fsp3) is 0.588. The van der Waals surface area contributed by atoms with Crippen LogP contribution in [0.3, 0.4) is 0 Å². The second-order valence-corrected chi connectivity index (χ2v) is 8.90. The standard InChI is InChI=1S/C17H23NO5S.ClH/c1-24(21,22)15-6-2-5-14(10-15)23-9-8-18-11-13-4-3-7-17(13,12-18)16(19)20;/h2,5-6,10,13H,3-4,7-9,11-12H2,1H3,(H,19,20);1H/t13-,17+;/m0./s1. The van der Waals surface area contributed by atoms with Crippen molar-refractivity contribution in [2.24, 2.45) is 11.3 Å². The molecule has 1 aliphatic carbocycles. The van der Waals surface area contributed by atoms with Gasteiger partial charge < -0.3 is 9.84 Å². The number of fused-ring (bicyclic) bond motifs is 1. The Balaban J connectivity index is 0.00000225. The molecule has 25 heavy (non-hydrogen) atoms. The van der Waals surface area contributed by atoms with Crippen molar-refractivity contribution in [2.45, 2.75) is 24.2 Å². The molecule has 0 spiro atoms. The van der Waals surface area contributed by atoms with Crippen LogP contribution < -0.4 is 4.74 Å². The van der Waals surface area contributed by atoms with Crippen LogP contribution in [0.25, 0.3) is 0 Å². The van der Waals surface area contributed by atoms with E-state index in [0.717, 1.165) is 25.8 Å². The Morgan fingerprint density at radius 2 is 2.20 bits per heavy atom. The first-order valence-corrected chi connectivity index (χ1v) is 10.1. The van der Waals surface area contributed by atoms with E-state index in [2.05, 4.69) is 4.90 Å². The summed E-state index contributed by atoms with van der Waals surface area (Å²) in [7, 11) is -3.25. The van der Waals surface area contributed by atoms with Crippen molar-refractivity contribution in [2.75, 3.05) is 32.5 Å².